The van der Waals surface area contributed by atoms with Gasteiger partial charge in [-0.3, -0.25) is 23.6 Å². The minimum atomic E-state index is -1.00. The molecule has 0 amide bonds. The molecule has 0 aliphatic carbocycles. The van der Waals surface area contributed by atoms with Crippen molar-refractivity contribution < 1.29 is 100 Å². The zero-order valence-electron chi connectivity index (χ0n) is 39.2. The van der Waals surface area contributed by atoms with Crippen LogP contribution in [-0.4, -0.2) is 72.3 Å². The normalized spacial score (nSPS) is 9.65. The first-order valence-corrected chi connectivity index (χ1v) is 20.1. The SMILES string of the molecule is Br.Cc1ccc(CCC(=O)O)cc1C.Cc1ccc(CCC(=O)OCc2ccccc2)cc1C.O=C(O)CCc1ccc(CO)c(CO)c1.O=C(O)CCc1ccc(O)c(O)c1.[2H]CF.[Na+].[OH-]. The molecule has 0 aromatic heterocycles. The van der Waals surface area contributed by atoms with E-state index in [-0.39, 0.29) is 102 Å². The van der Waals surface area contributed by atoms with Gasteiger partial charge < -0.3 is 46.0 Å². The maximum absolute atomic E-state index is 11.7. The maximum atomic E-state index is 11.7. The summed E-state index contributed by atoms with van der Waals surface area (Å²) in [7, 11) is -1.00. The third-order valence-electron chi connectivity index (χ3n) is 9.54. The smallest absolute Gasteiger partial charge is 0.870 e. The molecule has 0 fully saturated rings. The van der Waals surface area contributed by atoms with Gasteiger partial charge in [0, 0.05) is 25.7 Å². The zero-order chi connectivity index (χ0) is 48.0. The van der Waals surface area contributed by atoms with Crippen LogP contribution in [0, 0.1) is 27.7 Å². The van der Waals surface area contributed by atoms with Gasteiger partial charge in [-0.1, -0.05) is 91.0 Å². The van der Waals surface area contributed by atoms with Crippen LogP contribution >= 0.6 is 17.0 Å². The summed E-state index contributed by atoms with van der Waals surface area (Å²) in [5.74, 6) is -3.02. The minimum Gasteiger partial charge on any atom is -0.870 e. The van der Waals surface area contributed by atoms with Crippen LogP contribution in [0.4, 0.5) is 4.39 Å². The molecule has 0 unspecified atom stereocenters. The second kappa shape index (κ2) is 37.0. The van der Waals surface area contributed by atoms with Gasteiger partial charge in [0.15, 0.2) is 11.5 Å². The molecule has 66 heavy (non-hydrogen) atoms. The van der Waals surface area contributed by atoms with Crippen molar-refractivity contribution in [1.29, 1.82) is 0 Å². The molecule has 0 saturated heterocycles. The van der Waals surface area contributed by atoms with Crippen molar-refractivity contribution in [3.8, 4) is 11.5 Å². The quantitative estimate of drug-likeness (QED) is 0.0336. The molecule has 356 valence electrons. The molecule has 0 atom stereocenters. The number of hydrogen-bond acceptors (Lipinski definition) is 10. The summed E-state index contributed by atoms with van der Waals surface area (Å²) in [5, 5.41) is 61.4. The number of halogens is 2. The average molecular weight is 995 g/mol. The van der Waals surface area contributed by atoms with Gasteiger partial charge in [0.1, 0.15) is 6.61 Å². The Balaban J connectivity index is -0.000000799. The Labute approximate surface area is 420 Å². The van der Waals surface area contributed by atoms with E-state index in [2.05, 4.69) is 45.0 Å². The molecule has 0 saturated carbocycles. The van der Waals surface area contributed by atoms with Crippen LogP contribution < -0.4 is 29.6 Å². The standard InChI is InChI=1S/C18H20O2.C11H14O4.C11H14O2.C9H10O4.CH3F.BrH.Na.H2O/c1-14-8-9-16(12-15(14)2)10-11-18(19)20-13-17-6-4-3-5-7-17;12-6-9-3-1-8(2-4-11(14)15)5-10(9)7-13;1-8-3-4-10(7-9(8)2)5-6-11(12)13;10-7-3-1-6(5-8(7)11)2-4-9(12)13;1-2;;;/h3-9,12H,10-11,13H2,1-2H3;1,3,5,12-13H,2,4,6-7H2,(H,14,15);3-4,7H,5-6H2,1-2H3,(H,12,13);1,3,5,10-11H,2,4H2,(H,12,13);1H3;1H;;1H2/q;;;;;;+1;/p-1/i;;;;1D;;;. The molecule has 5 aromatic carbocycles. The molecule has 16 heteroatoms. The van der Waals surface area contributed by atoms with Gasteiger partial charge in [0.2, 0.25) is 0 Å². The fourth-order valence-corrected chi connectivity index (χ4v) is 5.59. The summed E-state index contributed by atoms with van der Waals surface area (Å²) >= 11 is 0. The first-order valence-electron chi connectivity index (χ1n) is 20.8. The second-order valence-corrected chi connectivity index (χ2v) is 14.4. The van der Waals surface area contributed by atoms with E-state index in [1.807, 2.05) is 49.4 Å². The van der Waals surface area contributed by atoms with Gasteiger partial charge in [-0.25, -0.2) is 0 Å². The van der Waals surface area contributed by atoms with Crippen molar-refractivity contribution in [3.63, 3.8) is 0 Å². The summed E-state index contributed by atoms with van der Waals surface area (Å²) in [6.45, 7) is 8.37. The molecule has 8 N–H and O–H groups in total. The maximum Gasteiger partial charge on any atom is 1.00 e. The van der Waals surface area contributed by atoms with Crippen LogP contribution in [0.15, 0.2) is 103 Å². The van der Waals surface area contributed by atoms with Gasteiger partial charge in [0.05, 0.1) is 21.7 Å². The van der Waals surface area contributed by atoms with Crippen LogP contribution in [0.2, 0.25) is 0 Å². The van der Waals surface area contributed by atoms with Gasteiger partial charge in [-0.05, 0) is 127 Å². The molecule has 5 rings (SSSR count). The number of carbonyl (C=O) groups excluding carboxylic acids is 1. The number of aliphatic carboxylic acids is 3. The Morgan fingerprint density at radius 3 is 1.33 bits per heavy atom. The predicted octanol–water partition coefficient (Wildman–Crippen LogP) is 6.09. The number of aromatic hydroxyl groups is 2. The Kier molecular flexibility index (Phi) is 35.3. The number of ether oxygens (including phenoxy) is 1. The molecule has 0 radical (unpaired) electrons. The number of benzene rings is 5. The van der Waals surface area contributed by atoms with Crippen molar-refractivity contribution in [2.45, 2.75) is 98.9 Å². The third kappa shape index (κ3) is 28.0. The van der Waals surface area contributed by atoms with Crippen LogP contribution in [0.3, 0.4) is 0 Å². The number of aliphatic hydroxyl groups is 2. The van der Waals surface area contributed by atoms with Crippen LogP contribution in [-0.2, 0) is 69.4 Å². The molecular formula is C50H63BrFNaO13. The number of carboxylic acids is 3. The molecule has 0 spiro atoms. The number of hydrogen-bond donors (Lipinski definition) is 7. The second-order valence-electron chi connectivity index (χ2n) is 14.4. The van der Waals surface area contributed by atoms with Gasteiger partial charge in [-0.2, -0.15) is 0 Å². The number of carbonyl (C=O) groups is 4. The van der Waals surface area contributed by atoms with Crippen molar-refractivity contribution in [2.24, 2.45) is 0 Å². The van der Waals surface area contributed by atoms with Crippen molar-refractivity contribution in [2.75, 3.05) is 7.15 Å². The average Bonchev–Trinajstić information content (AvgIpc) is 3.27. The fourth-order valence-electron chi connectivity index (χ4n) is 5.59. The molecule has 13 nitrogen and oxygen atoms in total. The number of phenolic OH excluding ortho intramolecular Hbond substituents is 2. The summed E-state index contributed by atoms with van der Waals surface area (Å²) in [5.41, 5.74) is 11.2. The Bertz CT molecular complexity index is 2150. The van der Waals surface area contributed by atoms with Crippen molar-refractivity contribution in [3.05, 3.63) is 164 Å². The summed E-state index contributed by atoms with van der Waals surface area (Å²) in [6.07, 6.45) is 2.87. The third-order valence-corrected chi connectivity index (χ3v) is 9.54. The van der Waals surface area contributed by atoms with E-state index in [1.165, 1.54) is 39.9 Å². The van der Waals surface area contributed by atoms with Crippen LogP contribution in [0.5, 0.6) is 11.5 Å². The van der Waals surface area contributed by atoms with E-state index in [1.54, 1.807) is 24.3 Å². The molecule has 0 heterocycles. The number of aryl methyl sites for hydroxylation is 8. The van der Waals surface area contributed by atoms with E-state index in [0.29, 0.717) is 49.0 Å². The molecular weight excluding hydrogens is 930 g/mol. The van der Waals surface area contributed by atoms with Crippen molar-refractivity contribution in [1.82, 2.24) is 0 Å². The number of carboxylic acid groups (broad SMARTS) is 3. The largest absolute Gasteiger partial charge is 1.00 e. The van der Waals surface area contributed by atoms with Gasteiger partial charge in [-0.15, -0.1) is 17.0 Å². The summed E-state index contributed by atoms with van der Waals surface area (Å²) in [4.78, 5) is 42.6. The van der Waals surface area contributed by atoms with Gasteiger partial charge in [0.25, 0.3) is 0 Å². The number of esters is 1. The van der Waals surface area contributed by atoms with Crippen molar-refractivity contribution >= 4 is 40.9 Å². The van der Waals surface area contributed by atoms with E-state index >= 15 is 0 Å². The van der Waals surface area contributed by atoms with Crippen LogP contribution in [0.1, 0.15) is 88.3 Å². The molecule has 0 aliphatic heterocycles. The first kappa shape index (κ1) is 63.0. The van der Waals surface area contributed by atoms with E-state index < -0.39 is 25.1 Å². The van der Waals surface area contributed by atoms with Gasteiger partial charge >= 0.3 is 53.4 Å². The number of rotatable bonds is 16. The fraction of sp³-hybridized carbons (Fsp3) is 0.320. The number of aliphatic hydroxyl groups excluding tert-OH is 2. The topological polar surface area (TPSA) is 249 Å². The molecule has 0 aliphatic rings. The Morgan fingerprint density at radius 1 is 0.530 bits per heavy atom. The zero-order valence-corrected chi connectivity index (χ0v) is 41.9. The van der Waals surface area contributed by atoms with Crippen LogP contribution in [0.25, 0.3) is 0 Å². The van der Waals surface area contributed by atoms with E-state index in [0.717, 1.165) is 23.1 Å². The summed E-state index contributed by atoms with van der Waals surface area (Å²) < 4.78 is 20.8. The summed E-state index contributed by atoms with van der Waals surface area (Å²) in [6, 6.07) is 31.6. The Morgan fingerprint density at radius 2 is 0.924 bits per heavy atom. The van der Waals surface area contributed by atoms with E-state index in [4.69, 9.17) is 41.9 Å². The Hall–Kier alpha value is -5.13. The molecule has 5 aromatic rings. The van der Waals surface area contributed by atoms with E-state index in [9.17, 15) is 23.6 Å². The minimum absolute atomic E-state index is 0. The predicted molar refractivity (Wildman–Crippen MR) is 252 cm³/mol. The molecule has 0 bridgehead atoms. The number of alkyl halides is 1. The first-order chi connectivity index (χ1) is 30.4. The monoisotopic (exact) mass is 993 g/mol. The number of phenols is 2.